The number of nitrogens with zero attached hydrogens (tertiary/aromatic N) is 4. The lowest BCUT2D eigenvalue weighted by Crippen LogP contribution is -2.13. The Morgan fingerprint density at radius 3 is 2.60 bits per heavy atom. The van der Waals surface area contributed by atoms with Crippen molar-refractivity contribution >= 4 is 33.1 Å². The van der Waals surface area contributed by atoms with Gasteiger partial charge in [-0.15, -0.1) is 0 Å². The summed E-state index contributed by atoms with van der Waals surface area (Å²) in [7, 11) is 1.69. The molecular formula is C13H9BrN4O2. The molecule has 0 atom stereocenters. The molecule has 0 aliphatic heterocycles. The number of halogens is 1. The van der Waals surface area contributed by atoms with E-state index in [0.29, 0.717) is 15.7 Å². The van der Waals surface area contributed by atoms with E-state index in [9.17, 15) is 10.1 Å². The molecule has 2 rings (SSSR count). The van der Waals surface area contributed by atoms with Crippen molar-refractivity contribution in [3.05, 3.63) is 56.7 Å². The second-order valence-corrected chi connectivity index (χ2v) is 4.89. The van der Waals surface area contributed by atoms with Crippen molar-refractivity contribution in [3.8, 4) is 6.07 Å². The van der Waals surface area contributed by atoms with E-state index in [0.717, 1.165) is 0 Å². The first kappa shape index (κ1) is 14.0. The van der Waals surface area contributed by atoms with Crippen molar-refractivity contribution in [2.75, 3.05) is 11.9 Å². The van der Waals surface area contributed by atoms with Gasteiger partial charge >= 0.3 is 5.69 Å². The van der Waals surface area contributed by atoms with E-state index in [4.69, 9.17) is 5.26 Å². The topological polar surface area (TPSA) is 83.1 Å². The third-order valence-corrected chi connectivity index (χ3v) is 3.15. The summed E-state index contributed by atoms with van der Waals surface area (Å²) in [5, 5.41) is 19.8. The van der Waals surface area contributed by atoms with Gasteiger partial charge in [0.2, 0.25) is 5.82 Å². The maximum absolute atomic E-state index is 11.1. The molecule has 20 heavy (non-hydrogen) atoms. The van der Waals surface area contributed by atoms with E-state index in [1.165, 1.54) is 12.3 Å². The number of pyridine rings is 1. The van der Waals surface area contributed by atoms with Gasteiger partial charge in [-0.3, -0.25) is 10.1 Å². The van der Waals surface area contributed by atoms with Crippen LogP contribution in [0.25, 0.3) is 0 Å². The third kappa shape index (κ3) is 2.75. The number of nitro groups is 1. The molecule has 0 spiro atoms. The average molecular weight is 333 g/mol. The normalized spacial score (nSPS) is 9.85. The second-order valence-electron chi connectivity index (χ2n) is 3.97. The van der Waals surface area contributed by atoms with Crippen molar-refractivity contribution in [3.63, 3.8) is 0 Å². The Bertz CT molecular complexity index is 695. The third-order valence-electron chi connectivity index (χ3n) is 2.71. The molecule has 1 aromatic carbocycles. The van der Waals surface area contributed by atoms with Crippen molar-refractivity contribution in [2.45, 2.75) is 0 Å². The highest BCUT2D eigenvalue weighted by Crippen LogP contribution is 2.32. The highest BCUT2D eigenvalue weighted by molar-refractivity contribution is 9.10. The Morgan fingerprint density at radius 2 is 2.05 bits per heavy atom. The maximum atomic E-state index is 11.1. The molecule has 1 aromatic heterocycles. The summed E-state index contributed by atoms with van der Waals surface area (Å²) in [5.74, 6) is 0.239. The van der Waals surface area contributed by atoms with E-state index in [-0.39, 0.29) is 11.5 Å². The Balaban J connectivity index is 2.44. The molecule has 0 saturated heterocycles. The molecule has 0 bridgehead atoms. The minimum absolute atomic E-state index is 0.0914. The van der Waals surface area contributed by atoms with E-state index in [1.54, 1.807) is 36.2 Å². The lowest BCUT2D eigenvalue weighted by Gasteiger charge is -2.18. The molecule has 0 aliphatic carbocycles. The van der Waals surface area contributed by atoms with Gasteiger partial charge in [0.15, 0.2) is 0 Å². The van der Waals surface area contributed by atoms with Gasteiger partial charge in [-0.05, 0) is 40.2 Å². The molecule has 0 saturated carbocycles. The molecule has 2 aromatic rings. The first-order chi connectivity index (χ1) is 9.52. The van der Waals surface area contributed by atoms with Gasteiger partial charge in [0.05, 0.1) is 16.6 Å². The first-order valence-electron chi connectivity index (χ1n) is 5.56. The van der Waals surface area contributed by atoms with Crippen LogP contribution in [0.3, 0.4) is 0 Å². The second kappa shape index (κ2) is 5.67. The van der Waals surface area contributed by atoms with Gasteiger partial charge in [0.25, 0.3) is 0 Å². The molecule has 0 unspecified atom stereocenters. The zero-order chi connectivity index (χ0) is 14.7. The van der Waals surface area contributed by atoms with E-state index < -0.39 is 4.92 Å². The van der Waals surface area contributed by atoms with Crippen LogP contribution in [0.2, 0.25) is 0 Å². The summed E-state index contributed by atoms with van der Waals surface area (Å²) < 4.78 is 0.543. The number of hydrogen-bond donors (Lipinski definition) is 0. The van der Waals surface area contributed by atoms with Crippen LogP contribution in [0.4, 0.5) is 17.2 Å². The zero-order valence-corrected chi connectivity index (χ0v) is 12.0. The fraction of sp³-hybridized carbons (Fsp3) is 0.0769. The lowest BCUT2D eigenvalue weighted by atomic mass is 10.2. The van der Waals surface area contributed by atoms with Crippen LogP contribution in [0, 0.1) is 21.4 Å². The van der Waals surface area contributed by atoms with Crippen LogP contribution in [0.15, 0.2) is 41.0 Å². The number of rotatable bonds is 3. The number of anilines is 2. The SMILES string of the molecule is CN(c1ccc(C#N)cc1)c1ncc(Br)cc1[N+](=O)[O-]. The standard InChI is InChI=1S/C13H9BrN4O2/c1-17(11-4-2-9(7-15)3-5-11)13-12(18(19)20)6-10(14)8-16-13/h2-6,8H,1H3. The maximum Gasteiger partial charge on any atom is 0.313 e. The Morgan fingerprint density at radius 1 is 1.40 bits per heavy atom. The Kier molecular flexibility index (Phi) is 3.96. The Labute approximate surface area is 123 Å². The average Bonchev–Trinajstić information content (AvgIpc) is 2.46. The van der Waals surface area contributed by atoms with E-state index >= 15 is 0 Å². The van der Waals surface area contributed by atoms with E-state index in [1.807, 2.05) is 6.07 Å². The molecule has 100 valence electrons. The summed E-state index contributed by atoms with van der Waals surface area (Å²) in [6.45, 7) is 0. The minimum Gasteiger partial charge on any atom is -0.324 e. The van der Waals surface area contributed by atoms with Crippen molar-refractivity contribution in [2.24, 2.45) is 0 Å². The van der Waals surface area contributed by atoms with Crippen LogP contribution >= 0.6 is 15.9 Å². The van der Waals surface area contributed by atoms with Crippen LogP contribution in [0.1, 0.15) is 5.56 Å². The fourth-order valence-corrected chi connectivity index (χ4v) is 2.02. The summed E-state index contributed by atoms with van der Waals surface area (Å²) in [6.07, 6.45) is 1.50. The highest BCUT2D eigenvalue weighted by atomic mass is 79.9. The predicted octanol–water partition coefficient (Wildman–Crippen LogP) is 3.39. The van der Waals surface area contributed by atoms with Crippen LogP contribution < -0.4 is 4.90 Å². The summed E-state index contributed by atoms with van der Waals surface area (Å²) in [5.41, 5.74) is 1.15. The first-order valence-corrected chi connectivity index (χ1v) is 6.36. The molecule has 6 nitrogen and oxygen atoms in total. The van der Waals surface area contributed by atoms with Crippen molar-refractivity contribution < 1.29 is 4.92 Å². The minimum atomic E-state index is -0.479. The van der Waals surface area contributed by atoms with Gasteiger partial charge in [-0.1, -0.05) is 0 Å². The van der Waals surface area contributed by atoms with Gasteiger partial charge in [-0.25, -0.2) is 4.98 Å². The van der Waals surface area contributed by atoms with Crippen LogP contribution in [-0.4, -0.2) is 17.0 Å². The van der Waals surface area contributed by atoms with Crippen LogP contribution in [0.5, 0.6) is 0 Å². The van der Waals surface area contributed by atoms with Crippen molar-refractivity contribution in [1.82, 2.24) is 4.98 Å². The number of benzene rings is 1. The van der Waals surface area contributed by atoms with Gasteiger partial charge in [0.1, 0.15) is 0 Å². The molecule has 7 heteroatoms. The Hall–Kier alpha value is -2.46. The van der Waals surface area contributed by atoms with Crippen LogP contribution in [-0.2, 0) is 0 Å². The van der Waals surface area contributed by atoms with E-state index in [2.05, 4.69) is 20.9 Å². The smallest absolute Gasteiger partial charge is 0.313 e. The van der Waals surface area contributed by atoms with Gasteiger partial charge in [0, 0.05) is 29.5 Å². The molecule has 0 fully saturated rings. The molecular weight excluding hydrogens is 324 g/mol. The zero-order valence-electron chi connectivity index (χ0n) is 10.4. The lowest BCUT2D eigenvalue weighted by molar-refractivity contribution is -0.384. The monoisotopic (exact) mass is 332 g/mol. The van der Waals surface area contributed by atoms with Gasteiger partial charge in [-0.2, -0.15) is 5.26 Å². The quantitative estimate of drug-likeness (QED) is 0.635. The summed E-state index contributed by atoms with van der Waals surface area (Å²) in [4.78, 5) is 16.3. The molecule has 0 radical (unpaired) electrons. The predicted molar refractivity (Wildman–Crippen MR) is 77.8 cm³/mol. The number of hydrogen-bond acceptors (Lipinski definition) is 5. The van der Waals surface area contributed by atoms with Gasteiger partial charge < -0.3 is 4.90 Å². The van der Waals surface area contributed by atoms with Crippen molar-refractivity contribution in [1.29, 1.82) is 5.26 Å². The molecule has 1 heterocycles. The largest absolute Gasteiger partial charge is 0.324 e. The number of aromatic nitrogens is 1. The summed E-state index contributed by atoms with van der Waals surface area (Å²) >= 11 is 3.17. The highest BCUT2D eigenvalue weighted by Gasteiger charge is 2.20. The number of nitriles is 1. The fourth-order valence-electron chi connectivity index (χ4n) is 1.70. The summed E-state index contributed by atoms with van der Waals surface area (Å²) in [6, 6.07) is 10.2. The molecule has 0 N–H and O–H groups in total. The molecule has 0 aliphatic rings. The molecule has 0 amide bonds.